The number of nitrogens with zero attached hydrogens (tertiary/aromatic N) is 2. The number of aromatic nitrogens is 1. The molecule has 2 aliphatic heterocycles. The van der Waals surface area contributed by atoms with E-state index in [9.17, 15) is 9.59 Å². The Labute approximate surface area is 161 Å². The number of hydrogen-bond donors (Lipinski definition) is 1. The van der Waals surface area contributed by atoms with Crippen LogP contribution in [0.2, 0.25) is 0 Å². The van der Waals surface area contributed by atoms with Crippen molar-refractivity contribution in [1.29, 1.82) is 0 Å². The number of imide groups is 1. The highest BCUT2D eigenvalue weighted by molar-refractivity contribution is 7.12. The van der Waals surface area contributed by atoms with E-state index in [1.54, 1.807) is 16.2 Å². The van der Waals surface area contributed by atoms with Gasteiger partial charge in [0.15, 0.2) is 0 Å². The minimum absolute atomic E-state index is 0.0734. The zero-order valence-electron chi connectivity index (χ0n) is 15.4. The van der Waals surface area contributed by atoms with Crippen molar-refractivity contribution in [3.8, 4) is 0 Å². The first-order chi connectivity index (χ1) is 13.1. The summed E-state index contributed by atoms with van der Waals surface area (Å²) < 4.78 is 0. The molecule has 1 saturated heterocycles. The van der Waals surface area contributed by atoms with Gasteiger partial charge in [-0.3, -0.25) is 14.6 Å². The van der Waals surface area contributed by atoms with E-state index in [1.807, 2.05) is 19.1 Å². The number of fused-ring (bicyclic) bond motifs is 4. The Balaban J connectivity index is 1.74. The molecule has 1 aromatic carbocycles. The van der Waals surface area contributed by atoms with E-state index in [4.69, 9.17) is 0 Å². The summed E-state index contributed by atoms with van der Waals surface area (Å²) in [5.41, 5.74) is 3.28. The molecule has 6 heteroatoms. The molecule has 0 spiro atoms. The van der Waals surface area contributed by atoms with Gasteiger partial charge in [0.05, 0.1) is 0 Å². The number of benzene rings is 1. The molecular formula is C21H21N3O2S. The molecule has 2 aromatic heterocycles. The van der Waals surface area contributed by atoms with E-state index in [0.717, 1.165) is 27.9 Å². The van der Waals surface area contributed by atoms with Crippen LogP contribution >= 0.6 is 11.3 Å². The summed E-state index contributed by atoms with van der Waals surface area (Å²) in [7, 11) is 0. The first-order valence-electron chi connectivity index (χ1n) is 9.45. The number of carbonyl (C=O) groups excluding carboxylic acids is 2. The Morgan fingerprint density at radius 2 is 1.96 bits per heavy atom. The summed E-state index contributed by atoms with van der Waals surface area (Å²) in [6.07, 6.45) is 1.54. The molecule has 3 amide bonds. The van der Waals surface area contributed by atoms with Crippen molar-refractivity contribution in [3.63, 3.8) is 0 Å². The Morgan fingerprint density at radius 1 is 1.15 bits per heavy atom. The van der Waals surface area contributed by atoms with Gasteiger partial charge in [-0.15, -0.1) is 11.3 Å². The molecule has 0 unspecified atom stereocenters. The standard InChI is InChI=1S/C21H21N3O2S/c1-3-12-9-10-17(27-12)19-18-14(13-7-5-6-8-15(13)22-18)11-16-20(25)23(4-2)21(26)24(16)19/h5-10,16,19,22H,3-4,11H2,1-2H3/t16-,19-/m0/s1. The van der Waals surface area contributed by atoms with Gasteiger partial charge >= 0.3 is 6.03 Å². The molecule has 0 radical (unpaired) electrons. The number of amides is 3. The third kappa shape index (κ3) is 2.22. The van der Waals surface area contributed by atoms with Crippen LogP contribution in [0.25, 0.3) is 10.9 Å². The van der Waals surface area contributed by atoms with Crippen LogP contribution in [0.15, 0.2) is 36.4 Å². The normalized spacial score (nSPS) is 21.9. The molecule has 27 heavy (non-hydrogen) atoms. The molecule has 2 atom stereocenters. The zero-order valence-corrected chi connectivity index (χ0v) is 16.2. The predicted octanol–water partition coefficient (Wildman–Crippen LogP) is 4.09. The first-order valence-corrected chi connectivity index (χ1v) is 10.3. The molecule has 0 aliphatic carbocycles. The van der Waals surface area contributed by atoms with Gasteiger partial charge in [0.1, 0.15) is 12.1 Å². The molecule has 3 aromatic rings. The Hall–Kier alpha value is -2.60. The Kier molecular flexibility index (Phi) is 3.65. The van der Waals surface area contributed by atoms with Crippen molar-refractivity contribution >= 4 is 34.2 Å². The maximum atomic E-state index is 13.1. The average molecular weight is 379 g/mol. The number of rotatable bonds is 3. The van der Waals surface area contributed by atoms with Gasteiger partial charge in [0, 0.05) is 39.3 Å². The van der Waals surface area contributed by atoms with Crippen LogP contribution in [0.3, 0.4) is 0 Å². The Bertz CT molecular complexity index is 1070. The van der Waals surface area contributed by atoms with Crippen LogP contribution in [0, 0.1) is 0 Å². The van der Waals surface area contributed by atoms with Gasteiger partial charge in [0.2, 0.25) is 0 Å². The van der Waals surface area contributed by atoms with Crippen molar-refractivity contribution in [3.05, 3.63) is 57.4 Å². The number of aryl methyl sites for hydroxylation is 1. The fourth-order valence-electron chi connectivity index (χ4n) is 4.45. The molecule has 5 nitrogen and oxygen atoms in total. The van der Waals surface area contributed by atoms with Crippen LogP contribution in [0.1, 0.15) is 40.9 Å². The number of aromatic amines is 1. The monoisotopic (exact) mass is 379 g/mol. The summed E-state index contributed by atoms with van der Waals surface area (Å²) in [6, 6.07) is 11.6. The highest BCUT2D eigenvalue weighted by Gasteiger charge is 2.52. The van der Waals surface area contributed by atoms with Crippen LogP contribution < -0.4 is 0 Å². The largest absolute Gasteiger partial charge is 0.356 e. The fourth-order valence-corrected chi connectivity index (χ4v) is 5.51. The third-order valence-corrected chi connectivity index (χ3v) is 7.03. The van der Waals surface area contributed by atoms with Gasteiger partial charge in [0.25, 0.3) is 5.91 Å². The second-order valence-electron chi connectivity index (χ2n) is 7.12. The average Bonchev–Trinajstić information content (AvgIpc) is 3.36. The van der Waals surface area contributed by atoms with Crippen molar-refractivity contribution in [2.75, 3.05) is 6.54 Å². The summed E-state index contributed by atoms with van der Waals surface area (Å²) in [5, 5.41) is 1.15. The number of hydrogen-bond acceptors (Lipinski definition) is 3. The van der Waals surface area contributed by atoms with Crippen molar-refractivity contribution in [2.45, 2.75) is 38.8 Å². The lowest BCUT2D eigenvalue weighted by Gasteiger charge is -2.35. The number of likely N-dealkylation sites (N-methyl/N-ethyl adjacent to an activating group) is 1. The summed E-state index contributed by atoms with van der Waals surface area (Å²) in [5.74, 6) is -0.0734. The smallest absolute Gasteiger partial charge is 0.328 e. The van der Waals surface area contributed by atoms with E-state index in [1.165, 1.54) is 15.3 Å². The quantitative estimate of drug-likeness (QED) is 0.697. The summed E-state index contributed by atoms with van der Waals surface area (Å²) in [6.45, 7) is 4.41. The zero-order chi connectivity index (χ0) is 18.7. The van der Waals surface area contributed by atoms with E-state index in [-0.39, 0.29) is 18.0 Å². The molecule has 138 valence electrons. The molecular weight excluding hydrogens is 358 g/mol. The lowest BCUT2D eigenvalue weighted by Crippen LogP contribution is -2.43. The molecule has 2 aliphatic rings. The van der Waals surface area contributed by atoms with Crippen LogP contribution in [0.5, 0.6) is 0 Å². The van der Waals surface area contributed by atoms with Crippen molar-refractivity contribution in [1.82, 2.24) is 14.8 Å². The van der Waals surface area contributed by atoms with E-state index in [2.05, 4.69) is 36.2 Å². The molecule has 4 heterocycles. The second-order valence-corrected chi connectivity index (χ2v) is 8.32. The third-order valence-electron chi connectivity index (χ3n) is 5.75. The van der Waals surface area contributed by atoms with E-state index in [0.29, 0.717) is 13.0 Å². The molecule has 0 bridgehead atoms. The number of nitrogens with one attached hydrogen (secondary N) is 1. The van der Waals surface area contributed by atoms with Crippen molar-refractivity contribution in [2.24, 2.45) is 0 Å². The van der Waals surface area contributed by atoms with Gasteiger partial charge in [-0.25, -0.2) is 4.79 Å². The lowest BCUT2D eigenvalue weighted by atomic mass is 9.91. The topological polar surface area (TPSA) is 56.4 Å². The number of carbonyl (C=O) groups is 2. The SMILES string of the molecule is CCc1ccc([C@H]2c3[nH]c4ccccc4c3C[C@H]3C(=O)N(CC)C(=O)N23)s1. The maximum Gasteiger partial charge on any atom is 0.328 e. The number of thiophene rings is 1. The number of H-pyrrole nitrogens is 1. The maximum absolute atomic E-state index is 13.1. The second kappa shape index (κ2) is 5.96. The van der Waals surface area contributed by atoms with Crippen LogP contribution in [0.4, 0.5) is 4.79 Å². The van der Waals surface area contributed by atoms with Crippen molar-refractivity contribution < 1.29 is 9.59 Å². The molecule has 1 fully saturated rings. The van der Waals surface area contributed by atoms with Gasteiger partial charge < -0.3 is 4.98 Å². The van der Waals surface area contributed by atoms with Gasteiger partial charge in [-0.05, 0) is 37.1 Å². The van der Waals surface area contributed by atoms with E-state index >= 15 is 0 Å². The number of para-hydroxylation sites is 1. The van der Waals surface area contributed by atoms with Crippen LogP contribution in [-0.2, 0) is 17.6 Å². The van der Waals surface area contributed by atoms with Gasteiger partial charge in [-0.1, -0.05) is 25.1 Å². The highest BCUT2D eigenvalue weighted by Crippen LogP contribution is 2.45. The van der Waals surface area contributed by atoms with E-state index < -0.39 is 6.04 Å². The molecule has 5 rings (SSSR count). The molecule has 0 saturated carbocycles. The number of urea groups is 1. The molecule has 1 N–H and O–H groups in total. The van der Waals surface area contributed by atoms with Gasteiger partial charge in [-0.2, -0.15) is 0 Å². The minimum Gasteiger partial charge on any atom is -0.356 e. The Morgan fingerprint density at radius 3 is 2.70 bits per heavy atom. The van der Waals surface area contributed by atoms with Crippen LogP contribution in [-0.4, -0.2) is 39.3 Å². The lowest BCUT2D eigenvalue weighted by molar-refractivity contribution is -0.128. The summed E-state index contributed by atoms with van der Waals surface area (Å²) in [4.78, 5) is 35.2. The first kappa shape index (κ1) is 16.6. The fraction of sp³-hybridized carbons (Fsp3) is 0.333. The summed E-state index contributed by atoms with van der Waals surface area (Å²) >= 11 is 1.73. The minimum atomic E-state index is -0.415. The highest BCUT2D eigenvalue weighted by atomic mass is 32.1. The predicted molar refractivity (Wildman–Crippen MR) is 106 cm³/mol.